The van der Waals surface area contributed by atoms with Crippen molar-refractivity contribution in [2.75, 3.05) is 29.1 Å². The van der Waals surface area contributed by atoms with Crippen molar-refractivity contribution in [1.82, 2.24) is 4.98 Å². The first-order chi connectivity index (χ1) is 18.1. The standard InChI is InChI=1S/C26H23F3N4O3S2/c27-26(28,29)18-12-13-21(23(16-18)32-14-6-7-15-32)30-24(34)17-37-25-31-20-10-4-5-11-22(20)33(25)38(35,36)19-8-2-1-3-9-19/h1-5,8-13,16H,6-7,14-15,17H2,(H,30,34)/p+1. The molecule has 1 aliphatic heterocycles. The van der Waals surface area contributed by atoms with Gasteiger partial charge in [0, 0.05) is 13.1 Å². The van der Waals surface area contributed by atoms with Crippen LogP contribution in [0.2, 0.25) is 0 Å². The van der Waals surface area contributed by atoms with Crippen molar-refractivity contribution >= 4 is 50.1 Å². The van der Waals surface area contributed by atoms with Gasteiger partial charge >= 0.3 is 21.4 Å². The normalized spacial score (nSPS) is 14.2. The zero-order valence-electron chi connectivity index (χ0n) is 20.0. The Balaban J connectivity index is 1.41. The van der Waals surface area contributed by atoms with E-state index in [0.717, 1.165) is 36.7 Å². The van der Waals surface area contributed by atoms with Crippen LogP contribution in [0.5, 0.6) is 0 Å². The number of amides is 1. The molecule has 0 unspecified atom stereocenters. The number of hydrogen-bond donors (Lipinski definition) is 2. The van der Waals surface area contributed by atoms with Gasteiger partial charge in [-0.1, -0.05) is 30.3 Å². The predicted molar refractivity (Wildman–Crippen MR) is 140 cm³/mol. The van der Waals surface area contributed by atoms with Gasteiger partial charge in [-0.3, -0.25) is 4.79 Å². The van der Waals surface area contributed by atoms with E-state index < -0.39 is 27.7 Å². The number of aromatic amines is 1. The number of carbonyl (C=O) groups is 1. The van der Waals surface area contributed by atoms with Crippen LogP contribution in [-0.4, -0.2) is 38.2 Å². The first-order valence-electron chi connectivity index (χ1n) is 11.9. The summed E-state index contributed by atoms with van der Waals surface area (Å²) in [5, 5.41) is 2.95. The Bertz CT molecular complexity index is 1580. The van der Waals surface area contributed by atoms with E-state index in [1.54, 1.807) is 42.5 Å². The molecule has 1 aromatic heterocycles. The second-order valence-corrected chi connectivity index (χ2v) is 11.5. The molecule has 1 fully saturated rings. The fraction of sp³-hybridized carbons (Fsp3) is 0.231. The molecule has 2 heterocycles. The zero-order chi connectivity index (χ0) is 26.9. The first kappa shape index (κ1) is 26.1. The molecule has 3 aromatic carbocycles. The zero-order valence-corrected chi connectivity index (χ0v) is 21.7. The molecular weight excluding hydrogens is 537 g/mol. The Hall–Kier alpha value is -3.51. The minimum Gasteiger partial charge on any atom is -0.370 e. The molecule has 4 aromatic rings. The fourth-order valence-electron chi connectivity index (χ4n) is 4.42. The number of halogens is 3. The van der Waals surface area contributed by atoms with Gasteiger partial charge in [0.05, 0.1) is 22.7 Å². The molecule has 0 spiro atoms. The topological polar surface area (TPSA) is 86.1 Å². The van der Waals surface area contributed by atoms with E-state index in [-0.39, 0.29) is 21.5 Å². The predicted octanol–water partition coefficient (Wildman–Crippen LogP) is 5.04. The maximum atomic E-state index is 13.5. The third-order valence-corrected chi connectivity index (χ3v) is 9.02. The van der Waals surface area contributed by atoms with Gasteiger partial charge in [0.1, 0.15) is 4.90 Å². The lowest BCUT2D eigenvalue weighted by Gasteiger charge is -2.23. The van der Waals surface area contributed by atoms with Gasteiger partial charge in [0.25, 0.3) is 0 Å². The molecule has 0 saturated carbocycles. The highest BCUT2D eigenvalue weighted by Crippen LogP contribution is 2.37. The van der Waals surface area contributed by atoms with E-state index in [9.17, 15) is 26.4 Å². The number of nitrogens with zero attached hydrogens (tertiary/aromatic N) is 2. The Morgan fingerprint density at radius 2 is 1.68 bits per heavy atom. The molecule has 5 rings (SSSR count). The van der Waals surface area contributed by atoms with Crippen LogP contribution in [0, 0.1) is 0 Å². The second-order valence-electron chi connectivity index (χ2n) is 8.79. The minimum atomic E-state index is -4.50. The van der Waals surface area contributed by atoms with Gasteiger partial charge in [-0.05, 0) is 67.1 Å². The summed E-state index contributed by atoms with van der Waals surface area (Å²) in [5.41, 5.74) is 0.833. The Morgan fingerprint density at radius 1 is 1.00 bits per heavy atom. The van der Waals surface area contributed by atoms with Gasteiger partial charge in [-0.2, -0.15) is 21.6 Å². The van der Waals surface area contributed by atoms with Crippen molar-refractivity contribution in [3.8, 4) is 0 Å². The molecule has 0 aliphatic carbocycles. The maximum absolute atomic E-state index is 13.5. The smallest absolute Gasteiger partial charge is 0.370 e. The summed E-state index contributed by atoms with van der Waals surface area (Å²) in [7, 11) is -3.98. The van der Waals surface area contributed by atoms with Gasteiger partial charge in [-0.15, -0.1) is 3.97 Å². The largest absolute Gasteiger partial charge is 0.416 e. The third kappa shape index (κ3) is 5.23. The average Bonchev–Trinajstić information content (AvgIpc) is 3.56. The summed E-state index contributed by atoms with van der Waals surface area (Å²) in [6.45, 7) is 1.21. The van der Waals surface area contributed by atoms with Gasteiger partial charge in [0.15, 0.2) is 11.0 Å². The number of benzene rings is 3. The number of carbonyl (C=O) groups excluding carboxylic acids is 1. The van der Waals surface area contributed by atoms with E-state index in [1.165, 1.54) is 22.2 Å². The van der Waals surface area contributed by atoms with Crippen LogP contribution < -0.4 is 14.2 Å². The molecule has 7 nitrogen and oxygen atoms in total. The quantitative estimate of drug-likeness (QED) is 0.244. The number of para-hydroxylation sites is 2. The molecule has 1 aliphatic rings. The molecule has 198 valence electrons. The number of rotatable bonds is 7. The minimum absolute atomic E-state index is 0.0982. The number of thioether (sulfide) groups is 1. The van der Waals surface area contributed by atoms with Crippen LogP contribution >= 0.6 is 11.8 Å². The van der Waals surface area contributed by atoms with Crippen molar-refractivity contribution in [3.05, 3.63) is 78.4 Å². The van der Waals surface area contributed by atoms with E-state index in [2.05, 4.69) is 10.3 Å². The molecule has 0 atom stereocenters. The van der Waals surface area contributed by atoms with Crippen molar-refractivity contribution in [2.45, 2.75) is 29.1 Å². The number of nitrogens with one attached hydrogen (secondary N) is 2. The summed E-state index contributed by atoms with van der Waals surface area (Å²) in [6.07, 6.45) is -2.79. The fourth-order valence-corrected chi connectivity index (χ4v) is 7.00. The monoisotopic (exact) mass is 561 g/mol. The highest BCUT2D eigenvalue weighted by Gasteiger charge is 2.33. The Kier molecular flexibility index (Phi) is 7.10. The molecule has 0 radical (unpaired) electrons. The van der Waals surface area contributed by atoms with Gasteiger partial charge < -0.3 is 10.2 Å². The van der Waals surface area contributed by atoms with Crippen molar-refractivity contribution in [2.24, 2.45) is 0 Å². The maximum Gasteiger partial charge on any atom is 0.416 e. The Labute approximate surface area is 221 Å². The number of anilines is 2. The van der Waals surface area contributed by atoms with E-state index >= 15 is 0 Å². The lowest BCUT2D eigenvalue weighted by molar-refractivity contribution is -0.526. The molecular formula is C26H24F3N4O3S2+. The van der Waals surface area contributed by atoms with Crippen molar-refractivity contribution < 1.29 is 30.4 Å². The number of H-pyrrole nitrogens is 1. The van der Waals surface area contributed by atoms with Gasteiger partial charge in [0.2, 0.25) is 5.91 Å². The number of hydrogen-bond acceptors (Lipinski definition) is 5. The SMILES string of the molecule is O=C(CSc1[nH]c2ccccc2[n+]1S(=O)(=O)c1ccccc1)Nc1ccc(C(F)(F)F)cc1N1CCCC1. The lowest BCUT2D eigenvalue weighted by Crippen LogP contribution is -2.44. The number of imidazole rings is 1. The van der Waals surface area contributed by atoms with Gasteiger partial charge in [-0.25, -0.2) is 4.98 Å². The first-order valence-corrected chi connectivity index (χ1v) is 14.3. The van der Waals surface area contributed by atoms with E-state index in [1.807, 2.05) is 4.90 Å². The number of aromatic nitrogens is 2. The molecule has 38 heavy (non-hydrogen) atoms. The summed E-state index contributed by atoms with van der Waals surface area (Å²) in [6, 6.07) is 18.1. The van der Waals surface area contributed by atoms with Crippen LogP contribution in [0.1, 0.15) is 18.4 Å². The highest BCUT2D eigenvalue weighted by atomic mass is 32.2. The number of alkyl halides is 3. The third-order valence-electron chi connectivity index (χ3n) is 6.22. The molecule has 1 saturated heterocycles. The van der Waals surface area contributed by atoms with Crippen LogP contribution in [0.3, 0.4) is 0 Å². The summed E-state index contributed by atoms with van der Waals surface area (Å²) < 4.78 is 68.2. The highest BCUT2D eigenvalue weighted by molar-refractivity contribution is 8.00. The van der Waals surface area contributed by atoms with Crippen LogP contribution in [0.4, 0.5) is 24.5 Å². The van der Waals surface area contributed by atoms with Crippen LogP contribution in [0.25, 0.3) is 11.0 Å². The second kappa shape index (κ2) is 10.3. The lowest BCUT2D eigenvalue weighted by atomic mass is 10.1. The number of fused-ring (bicyclic) bond motifs is 1. The van der Waals surface area contributed by atoms with E-state index in [0.29, 0.717) is 29.8 Å². The van der Waals surface area contributed by atoms with Crippen molar-refractivity contribution in [1.29, 1.82) is 0 Å². The Morgan fingerprint density at radius 3 is 2.39 bits per heavy atom. The summed E-state index contributed by atoms with van der Waals surface area (Å²) in [4.78, 5) is 17.9. The van der Waals surface area contributed by atoms with Crippen LogP contribution in [0.15, 0.2) is 82.8 Å². The van der Waals surface area contributed by atoms with E-state index in [4.69, 9.17) is 0 Å². The molecule has 12 heteroatoms. The summed E-state index contributed by atoms with van der Waals surface area (Å²) in [5.74, 6) is -0.644. The average molecular weight is 562 g/mol. The van der Waals surface area contributed by atoms with Crippen LogP contribution in [-0.2, 0) is 21.0 Å². The molecule has 0 bridgehead atoms. The van der Waals surface area contributed by atoms with Crippen molar-refractivity contribution in [3.63, 3.8) is 0 Å². The summed E-state index contributed by atoms with van der Waals surface area (Å²) >= 11 is 0.990. The molecule has 2 N–H and O–H groups in total. The molecule has 1 amide bonds.